The van der Waals surface area contributed by atoms with E-state index in [1.54, 1.807) is 30.0 Å². The molecule has 3 aromatic rings. The van der Waals surface area contributed by atoms with E-state index in [-0.39, 0.29) is 23.2 Å². The quantitative estimate of drug-likeness (QED) is 0.538. The van der Waals surface area contributed by atoms with Crippen LogP contribution in [0, 0.1) is 12.7 Å². The molecule has 4 rings (SSSR count). The highest BCUT2D eigenvalue weighted by molar-refractivity contribution is 7.89. The third-order valence-electron chi connectivity index (χ3n) is 5.39. The van der Waals surface area contributed by atoms with Crippen molar-refractivity contribution in [3.8, 4) is 10.7 Å². The summed E-state index contributed by atoms with van der Waals surface area (Å²) in [7, 11) is -3.90. The Hall–Kier alpha value is -2.83. The minimum atomic E-state index is -3.90. The van der Waals surface area contributed by atoms with Crippen molar-refractivity contribution in [2.75, 3.05) is 37.6 Å². The summed E-state index contributed by atoms with van der Waals surface area (Å²) in [5.41, 5.74) is 0.502. The number of aryl methyl sites for hydroxylation is 2. The number of hydrogen-bond acceptors (Lipinski definition) is 8. The molecule has 0 radical (unpaired) electrons. The molecule has 3 heterocycles. The van der Waals surface area contributed by atoms with E-state index in [0.29, 0.717) is 59.8 Å². The van der Waals surface area contributed by atoms with Crippen LogP contribution in [0.2, 0.25) is 0 Å². The standard InChI is InChI=1S/C21H24FN5O4S2/c1-3-19-24-21(25-31-19)17-12-18(14(2)32-17)33(29,30)23-13-20(28)27-10-8-26(9-11-27)16-7-5-4-6-15(16)22/h4-7,12,23H,3,8-11,13H2,1-2H3. The molecule has 9 nitrogen and oxygen atoms in total. The number of nitrogens with zero attached hydrogens (tertiary/aromatic N) is 4. The van der Waals surface area contributed by atoms with Gasteiger partial charge in [0.1, 0.15) is 5.82 Å². The lowest BCUT2D eigenvalue weighted by Crippen LogP contribution is -2.51. The van der Waals surface area contributed by atoms with Gasteiger partial charge in [-0.1, -0.05) is 24.2 Å². The van der Waals surface area contributed by atoms with E-state index in [1.807, 2.05) is 11.8 Å². The molecule has 33 heavy (non-hydrogen) atoms. The van der Waals surface area contributed by atoms with Crippen molar-refractivity contribution < 1.29 is 22.1 Å². The molecule has 1 N–H and O–H groups in total. The summed E-state index contributed by atoms with van der Waals surface area (Å²) in [5.74, 6) is 0.178. The van der Waals surface area contributed by atoms with Gasteiger partial charge in [0.05, 0.1) is 22.0 Å². The average molecular weight is 494 g/mol. The van der Waals surface area contributed by atoms with Gasteiger partial charge in [-0.05, 0) is 25.1 Å². The zero-order chi connectivity index (χ0) is 23.6. The number of carbonyl (C=O) groups excluding carboxylic acids is 1. The van der Waals surface area contributed by atoms with Gasteiger partial charge < -0.3 is 14.3 Å². The van der Waals surface area contributed by atoms with Crippen molar-refractivity contribution in [3.05, 3.63) is 46.9 Å². The maximum Gasteiger partial charge on any atom is 0.242 e. The first kappa shape index (κ1) is 23.3. The summed E-state index contributed by atoms with van der Waals surface area (Å²) in [5, 5.41) is 3.88. The van der Waals surface area contributed by atoms with Crippen LogP contribution in [0.15, 0.2) is 39.8 Å². The highest BCUT2D eigenvalue weighted by atomic mass is 32.2. The predicted octanol–water partition coefficient (Wildman–Crippen LogP) is 2.44. The Labute approximate surface area is 195 Å². The van der Waals surface area contributed by atoms with E-state index in [1.165, 1.54) is 23.5 Å². The number of sulfonamides is 1. The van der Waals surface area contributed by atoms with E-state index in [0.717, 1.165) is 0 Å². The van der Waals surface area contributed by atoms with Gasteiger partial charge in [0.25, 0.3) is 0 Å². The Kier molecular flexibility index (Phi) is 6.77. The van der Waals surface area contributed by atoms with E-state index in [9.17, 15) is 17.6 Å². The number of carbonyl (C=O) groups is 1. The molecule has 1 amide bonds. The highest BCUT2D eigenvalue weighted by Crippen LogP contribution is 2.32. The normalized spacial score (nSPS) is 14.6. The number of thiophene rings is 1. The van der Waals surface area contributed by atoms with E-state index < -0.39 is 10.0 Å². The molecule has 1 fully saturated rings. The number of nitrogens with one attached hydrogen (secondary N) is 1. The number of benzene rings is 1. The molecule has 0 saturated carbocycles. The number of amides is 1. The Bertz CT molecular complexity index is 1250. The first-order valence-electron chi connectivity index (χ1n) is 10.5. The molecule has 1 aliphatic rings. The number of aromatic nitrogens is 2. The molecular weight excluding hydrogens is 469 g/mol. The molecule has 12 heteroatoms. The number of piperazine rings is 1. The van der Waals surface area contributed by atoms with Crippen molar-refractivity contribution in [3.63, 3.8) is 0 Å². The second kappa shape index (κ2) is 9.57. The van der Waals surface area contributed by atoms with Gasteiger partial charge in [0, 0.05) is 37.5 Å². The van der Waals surface area contributed by atoms with Crippen molar-refractivity contribution in [2.45, 2.75) is 25.2 Å². The zero-order valence-electron chi connectivity index (χ0n) is 18.2. The number of rotatable bonds is 7. The maximum atomic E-state index is 14.0. The van der Waals surface area contributed by atoms with Crippen LogP contribution in [0.1, 0.15) is 17.7 Å². The summed E-state index contributed by atoms with van der Waals surface area (Å²) in [6.07, 6.45) is 0.584. The van der Waals surface area contributed by atoms with Crippen LogP contribution < -0.4 is 9.62 Å². The fourth-order valence-corrected chi connectivity index (χ4v) is 6.08. The van der Waals surface area contributed by atoms with Gasteiger partial charge in [-0.15, -0.1) is 11.3 Å². The third-order valence-corrected chi connectivity index (χ3v) is 8.09. The smallest absolute Gasteiger partial charge is 0.242 e. The van der Waals surface area contributed by atoms with Crippen molar-refractivity contribution >= 4 is 33.0 Å². The summed E-state index contributed by atoms with van der Waals surface area (Å²) in [4.78, 5) is 21.5. The molecule has 2 aromatic heterocycles. The Morgan fingerprint density at radius 1 is 1.24 bits per heavy atom. The van der Waals surface area contributed by atoms with Crippen LogP contribution in [0.4, 0.5) is 10.1 Å². The van der Waals surface area contributed by atoms with Crippen molar-refractivity contribution in [1.82, 2.24) is 19.8 Å². The van der Waals surface area contributed by atoms with Crippen LogP contribution in [0.25, 0.3) is 10.7 Å². The average Bonchev–Trinajstić information content (AvgIpc) is 3.45. The molecule has 0 spiro atoms. The van der Waals surface area contributed by atoms with Gasteiger partial charge in [-0.3, -0.25) is 4.79 Å². The minimum absolute atomic E-state index is 0.0857. The highest BCUT2D eigenvalue weighted by Gasteiger charge is 2.26. The predicted molar refractivity (Wildman–Crippen MR) is 122 cm³/mol. The number of hydrogen-bond donors (Lipinski definition) is 1. The first-order valence-corrected chi connectivity index (χ1v) is 12.8. The SMILES string of the molecule is CCc1nc(-c2cc(S(=O)(=O)NCC(=O)N3CCN(c4ccccc4F)CC3)c(C)s2)no1. The molecule has 1 saturated heterocycles. The third kappa shape index (κ3) is 5.07. The fourth-order valence-electron chi connectivity index (χ4n) is 3.59. The van der Waals surface area contributed by atoms with Crippen LogP contribution in [0.3, 0.4) is 0 Å². The lowest BCUT2D eigenvalue weighted by Gasteiger charge is -2.36. The zero-order valence-corrected chi connectivity index (χ0v) is 19.9. The Balaban J connectivity index is 1.36. The first-order chi connectivity index (χ1) is 15.8. The fraction of sp³-hybridized carbons (Fsp3) is 0.381. The molecule has 1 aromatic carbocycles. The number of anilines is 1. The summed E-state index contributed by atoms with van der Waals surface area (Å²) in [6, 6.07) is 8.00. The molecule has 0 bridgehead atoms. The summed E-state index contributed by atoms with van der Waals surface area (Å²) in [6.45, 7) is 4.92. The molecular formula is C21H24FN5O4S2. The molecule has 0 unspecified atom stereocenters. The van der Waals surface area contributed by atoms with Gasteiger partial charge >= 0.3 is 0 Å². The van der Waals surface area contributed by atoms with E-state index in [4.69, 9.17) is 4.52 Å². The number of para-hydroxylation sites is 1. The van der Waals surface area contributed by atoms with Crippen molar-refractivity contribution in [1.29, 1.82) is 0 Å². The second-order valence-corrected chi connectivity index (χ2v) is 10.5. The van der Waals surface area contributed by atoms with Gasteiger partial charge in [-0.2, -0.15) is 4.98 Å². The summed E-state index contributed by atoms with van der Waals surface area (Å²) >= 11 is 1.24. The Morgan fingerprint density at radius 2 is 1.97 bits per heavy atom. The lowest BCUT2D eigenvalue weighted by molar-refractivity contribution is -0.130. The van der Waals surface area contributed by atoms with Gasteiger partial charge in [-0.25, -0.2) is 17.5 Å². The topological polar surface area (TPSA) is 109 Å². The van der Waals surface area contributed by atoms with Gasteiger partial charge in [0.15, 0.2) is 0 Å². The minimum Gasteiger partial charge on any atom is -0.366 e. The second-order valence-electron chi connectivity index (χ2n) is 7.54. The molecule has 0 aliphatic carbocycles. The molecule has 176 valence electrons. The lowest BCUT2D eigenvalue weighted by atomic mass is 10.2. The van der Waals surface area contributed by atoms with E-state index in [2.05, 4.69) is 14.9 Å². The molecule has 1 aliphatic heterocycles. The molecule has 0 atom stereocenters. The van der Waals surface area contributed by atoms with E-state index >= 15 is 0 Å². The van der Waals surface area contributed by atoms with Crippen LogP contribution in [-0.4, -0.2) is 62.1 Å². The largest absolute Gasteiger partial charge is 0.366 e. The van der Waals surface area contributed by atoms with Crippen LogP contribution in [-0.2, 0) is 21.2 Å². The number of halogens is 1. The van der Waals surface area contributed by atoms with Crippen LogP contribution in [0.5, 0.6) is 0 Å². The summed E-state index contributed by atoms with van der Waals surface area (Å²) < 4.78 is 47.2. The monoisotopic (exact) mass is 493 g/mol. The van der Waals surface area contributed by atoms with Crippen LogP contribution >= 0.6 is 11.3 Å². The van der Waals surface area contributed by atoms with Crippen molar-refractivity contribution in [2.24, 2.45) is 0 Å². The van der Waals surface area contributed by atoms with Gasteiger partial charge in [0.2, 0.25) is 27.6 Å². The maximum absolute atomic E-state index is 14.0. The Morgan fingerprint density at radius 3 is 2.64 bits per heavy atom.